The SMILES string of the molecule is Cn1cc([C@@H](CC(=O)NCCN2CCOCC2)c2ccc(C(F)(F)F)cc2)c2ccccc21. The number of hydrogen-bond acceptors (Lipinski definition) is 3. The van der Waals surface area contributed by atoms with Crippen molar-refractivity contribution in [3.8, 4) is 0 Å². The van der Waals surface area contributed by atoms with Crippen LogP contribution < -0.4 is 5.32 Å². The number of aromatic nitrogens is 1. The molecule has 1 aliphatic heterocycles. The highest BCUT2D eigenvalue weighted by Gasteiger charge is 2.31. The Labute approximate surface area is 191 Å². The minimum atomic E-state index is -4.40. The highest BCUT2D eigenvalue weighted by Crippen LogP contribution is 2.36. The minimum absolute atomic E-state index is 0.124. The molecule has 4 rings (SSSR count). The molecular weight excluding hydrogens is 431 g/mol. The highest BCUT2D eigenvalue weighted by atomic mass is 19.4. The second kappa shape index (κ2) is 9.97. The summed E-state index contributed by atoms with van der Waals surface area (Å²) in [5.41, 5.74) is 1.92. The quantitative estimate of drug-likeness (QED) is 0.577. The van der Waals surface area contributed by atoms with Gasteiger partial charge in [-0.25, -0.2) is 0 Å². The molecule has 8 heteroatoms. The number of rotatable bonds is 7. The molecule has 1 fully saturated rings. The van der Waals surface area contributed by atoms with Crippen molar-refractivity contribution in [1.29, 1.82) is 0 Å². The zero-order valence-corrected chi connectivity index (χ0v) is 18.6. The molecule has 0 aliphatic carbocycles. The molecular formula is C25H28F3N3O2. The molecule has 2 aromatic carbocycles. The van der Waals surface area contributed by atoms with Gasteiger partial charge in [-0.1, -0.05) is 30.3 Å². The van der Waals surface area contributed by atoms with Crippen LogP contribution in [0, 0.1) is 0 Å². The van der Waals surface area contributed by atoms with Crippen LogP contribution in [0.1, 0.15) is 29.0 Å². The van der Waals surface area contributed by atoms with Crippen LogP contribution in [0.15, 0.2) is 54.7 Å². The monoisotopic (exact) mass is 459 g/mol. The van der Waals surface area contributed by atoms with Crippen LogP contribution in [0.2, 0.25) is 0 Å². The molecule has 1 saturated heterocycles. The first-order chi connectivity index (χ1) is 15.8. The van der Waals surface area contributed by atoms with Crippen LogP contribution in [-0.4, -0.2) is 54.8 Å². The lowest BCUT2D eigenvalue weighted by molar-refractivity contribution is -0.137. The van der Waals surface area contributed by atoms with Crippen molar-refractivity contribution in [1.82, 2.24) is 14.8 Å². The number of ether oxygens (including phenoxy) is 1. The summed E-state index contributed by atoms with van der Waals surface area (Å²) in [4.78, 5) is 15.1. The summed E-state index contributed by atoms with van der Waals surface area (Å²) in [6.45, 7) is 4.36. The van der Waals surface area contributed by atoms with Crippen LogP contribution in [-0.2, 0) is 22.8 Å². The standard InChI is InChI=1S/C25H28F3N3O2/c1-30-17-22(20-4-2-3-5-23(20)30)21(18-6-8-19(9-7-18)25(26,27)28)16-24(32)29-10-11-31-12-14-33-15-13-31/h2-9,17,21H,10-16H2,1H3,(H,29,32)/t21-/m0/s1. The smallest absolute Gasteiger partial charge is 0.379 e. The van der Waals surface area contributed by atoms with Crippen molar-refractivity contribution in [3.05, 3.63) is 71.4 Å². The predicted molar refractivity (Wildman–Crippen MR) is 121 cm³/mol. The van der Waals surface area contributed by atoms with Gasteiger partial charge >= 0.3 is 6.18 Å². The highest BCUT2D eigenvalue weighted by molar-refractivity contribution is 5.86. The molecule has 176 valence electrons. The Kier molecular flexibility index (Phi) is 7.05. The maximum Gasteiger partial charge on any atom is 0.416 e. The third-order valence-electron chi connectivity index (χ3n) is 6.19. The van der Waals surface area contributed by atoms with Crippen LogP contribution in [0.3, 0.4) is 0 Å². The maximum absolute atomic E-state index is 13.1. The summed E-state index contributed by atoms with van der Waals surface area (Å²) >= 11 is 0. The van der Waals surface area contributed by atoms with Gasteiger partial charge in [0, 0.05) is 62.7 Å². The molecule has 1 aliphatic rings. The maximum atomic E-state index is 13.1. The van der Waals surface area contributed by atoms with E-state index < -0.39 is 11.7 Å². The first-order valence-corrected chi connectivity index (χ1v) is 11.1. The average molecular weight is 460 g/mol. The first-order valence-electron chi connectivity index (χ1n) is 11.1. The lowest BCUT2D eigenvalue weighted by Crippen LogP contribution is -2.41. The van der Waals surface area contributed by atoms with Gasteiger partial charge in [0.15, 0.2) is 0 Å². The van der Waals surface area contributed by atoms with Gasteiger partial charge in [0.1, 0.15) is 0 Å². The van der Waals surface area contributed by atoms with Crippen molar-refractivity contribution in [2.45, 2.75) is 18.5 Å². The molecule has 0 radical (unpaired) electrons. The molecule has 0 saturated carbocycles. The fourth-order valence-corrected chi connectivity index (χ4v) is 4.40. The van der Waals surface area contributed by atoms with E-state index in [4.69, 9.17) is 4.74 Å². The number of amides is 1. The largest absolute Gasteiger partial charge is 0.416 e. The first kappa shape index (κ1) is 23.3. The van der Waals surface area contributed by atoms with Gasteiger partial charge in [0.05, 0.1) is 18.8 Å². The molecule has 1 amide bonds. The van der Waals surface area contributed by atoms with E-state index in [1.54, 1.807) is 0 Å². The molecule has 5 nitrogen and oxygen atoms in total. The van der Waals surface area contributed by atoms with Crippen LogP contribution in [0.5, 0.6) is 0 Å². The predicted octanol–water partition coefficient (Wildman–Crippen LogP) is 4.17. The third-order valence-corrected chi connectivity index (χ3v) is 6.19. The minimum Gasteiger partial charge on any atom is -0.379 e. The van der Waals surface area contributed by atoms with Crippen LogP contribution in [0.4, 0.5) is 13.2 Å². The number of alkyl halides is 3. The number of fused-ring (bicyclic) bond motifs is 1. The molecule has 0 bridgehead atoms. The summed E-state index contributed by atoms with van der Waals surface area (Å²) < 4.78 is 46.6. The number of nitrogens with one attached hydrogen (secondary N) is 1. The topological polar surface area (TPSA) is 46.5 Å². The second-order valence-electron chi connectivity index (χ2n) is 8.39. The summed E-state index contributed by atoms with van der Waals surface area (Å²) in [7, 11) is 1.93. The number of para-hydroxylation sites is 1. The van der Waals surface area contributed by atoms with E-state index in [1.807, 2.05) is 42.1 Å². The Morgan fingerprint density at radius 2 is 1.79 bits per heavy atom. The number of halogens is 3. The van der Waals surface area contributed by atoms with Gasteiger partial charge in [0.25, 0.3) is 0 Å². The Morgan fingerprint density at radius 3 is 2.48 bits per heavy atom. The second-order valence-corrected chi connectivity index (χ2v) is 8.39. The van der Waals surface area contributed by atoms with Gasteiger partial charge in [-0.05, 0) is 29.3 Å². The van der Waals surface area contributed by atoms with Crippen molar-refractivity contribution < 1.29 is 22.7 Å². The molecule has 2 heterocycles. The van der Waals surface area contributed by atoms with Crippen LogP contribution >= 0.6 is 0 Å². The fraction of sp³-hybridized carbons (Fsp3) is 0.400. The lowest BCUT2D eigenvalue weighted by atomic mass is 9.87. The molecule has 3 aromatic rings. The summed E-state index contributed by atoms with van der Waals surface area (Å²) in [5.74, 6) is -0.483. The number of morpholine rings is 1. The van der Waals surface area contributed by atoms with E-state index in [-0.39, 0.29) is 18.2 Å². The molecule has 1 aromatic heterocycles. The fourth-order valence-electron chi connectivity index (χ4n) is 4.40. The number of hydrogen-bond donors (Lipinski definition) is 1. The van der Waals surface area contributed by atoms with Crippen molar-refractivity contribution in [2.75, 3.05) is 39.4 Å². The number of benzene rings is 2. The number of nitrogens with zero attached hydrogens (tertiary/aromatic N) is 2. The van der Waals surface area contributed by atoms with E-state index in [2.05, 4.69) is 10.2 Å². The Bertz CT molecular complexity index is 1090. The van der Waals surface area contributed by atoms with Gasteiger partial charge in [-0.3, -0.25) is 9.69 Å². The summed E-state index contributed by atoms with van der Waals surface area (Å²) in [5, 5.41) is 3.97. The van der Waals surface area contributed by atoms with Crippen molar-refractivity contribution >= 4 is 16.8 Å². The van der Waals surface area contributed by atoms with Gasteiger partial charge in [0.2, 0.25) is 5.91 Å². The van der Waals surface area contributed by atoms with E-state index >= 15 is 0 Å². The van der Waals surface area contributed by atoms with E-state index in [1.165, 1.54) is 12.1 Å². The summed E-state index contributed by atoms with van der Waals surface area (Å²) in [6, 6.07) is 13.0. The average Bonchev–Trinajstić information content (AvgIpc) is 3.14. The van der Waals surface area contributed by atoms with Gasteiger partial charge in [-0.2, -0.15) is 13.2 Å². The number of aryl methyl sites for hydroxylation is 1. The van der Waals surface area contributed by atoms with E-state index in [0.717, 1.165) is 48.2 Å². The number of carbonyl (C=O) groups is 1. The lowest BCUT2D eigenvalue weighted by Gasteiger charge is -2.26. The Hall–Kier alpha value is -2.84. The zero-order chi connectivity index (χ0) is 23.4. The Balaban J connectivity index is 1.55. The molecule has 1 atom stereocenters. The van der Waals surface area contributed by atoms with Gasteiger partial charge < -0.3 is 14.6 Å². The molecule has 1 N–H and O–H groups in total. The zero-order valence-electron chi connectivity index (χ0n) is 18.6. The number of carbonyl (C=O) groups excluding carboxylic acids is 1. The molecule has 33 heavy (non-hydrogen) atoms. The molecule has 0 unspecified atom stereocenters. The van der Waals surface area contributed by atoms with Gasteiger partial charge in [-0.15, -0.1) is 0 Å². The molecule has 0 spiro atoms. The van der Waals surface area contributed by atoms with Crippen LogP contribution in [0.25, 0.3) is 10.9 Å². The normalized spacial score (nSPS) is 16.1. The van der Waals surface area contributed by atoms with Crippen molar-refractivity contribution in [2.24, 2.45) is 7.05 Å². The Morgan fingerprint density at radius 1 is 1.09 bits per heavy atom. The van der Waals surface area contributed by atoms with E-state index in [0.29, 0.717) is 25.3 Å². The van der Waals surface area contributed by atoms with Crippen molar-refractivity contribution in [3.63, 3.8) is 0 Å². The van der Waals surface area contributed by atoms with E-state index in [9.17, 15) is 18.0 Å². The third kappa shape index (κ3) is 5.57. The summed E-state index contributed by atoms with van der Waals surface area (Å²) in [6.07, 6.45) is -2.28.